The molecule has 132 valence electrons. The Balaban J connectivity index is 1.59. The number of benzene rings is 1. The topological polar surface area (TPSA) is 42.3 Å². The van der Waals surface area contributed by atoms with Crippen molar-refractivity contribution in [2.45, 2.75) is 33.2 Å². The number of anilines is 1. The van der Waals surface area contributed by atoms with Crippen LogP contribution in [0, 0.1) is 5.92 Å². The summed E-state index contributed by atoms with van der Waals surface area (Å²) >= 11 is 0. The lowest BCUT2D eigenvalue weighted by atomic mass is 10.1. The first-order chi connectivity index (χ1) is 11.7. The van der Waals surface area contributed by atoms with Gasteiger partial charge in [-0.05, 0) is 37.4 Å². The van der Waals surface area contributed by atoms with E-state index in [-0.39, 0.29) is 0 Å². The number of nitrogens with one attached hydrogen (secondary N) is 1. The Hall–Kier alpha value is -1.59. The Morgan fingerprint density at radius 2 is 1.96 bits per heavy atom. The molecular formula is C19H30N4O. The molecule has 24 heavy (non-hydrogen) atoms. The van der Waals surface area contributed by atoms with E-state index in [4.69, 9.17) is 9.72 Å². The Morgan fingerprint density at radius 3 is 2.75 bits per heavy atom. The van der Waals surface area contributed by atoms with Gasteiger partial charge in [0.05, 0.1) is 24.2 Å². The molecule has 0 radical (unpaired) electrons. The van der Waals surface area contributed by atoms with Gasteiger partial charge < -0.3 is 14.6 Å². The third kappa shape index (κ3) is 4.48. The molecule has 0 bridgehead atoms. The van der Waals surface area contributed by atoms with Crippen molar-refractivity contribution in [2.24, 2.45) is 5.92 Å². The van der Waals surface area contributed by atoms with E-state index in [0.717, 1.165) is 63.8 Å². The third-order valence-corrected chi connectivity index (χ3v) is 4.62. The number of hydrogen-bond acceptors (Lipinski definition) is 4. The maximum Gasteiger partial charge on any atom is 0.203 e. The van der Waals surface area contributed by atoms with E-state index in [1.54, 1.807) is 0 Å². The maximum absolute atomic E-state index is 5.40. The second-order valence-electron chi connectivity index (χ2n) is 6.99. The SMILES string of the molecule is CC(C)CCn1c(NCCCN2CCOCC2)nc2ccccc21. The second kappa shape index (κ2) is 8.49. The van der Waals surface area contributed by atoms with Gasteiger partial charge >= 0.3 is 0 Å². The zero-order valence-corrected chi connectivity index (χ0v) is 15.0. The van der Waals surface area contributed by atoms with Gasteiger partial charge in [-0.1, -0.05) is 26.0 Å². The lowest BCUT2D eigenvalue weighted by Crippen LogP contribution is -2.37. The fraction of sp³-hybridized carbons (Fsp3) is 0.632. The highest BCUT2D eigenvalue weighted by Crippen LogP contribution is 2.21. The predicted octanol–water partition coefficient (Wildman–Crippen LogP) is 3.22. The quantitative estimate of drug-likeness (QED) is 0.755. The van der Waals surface area contributed by atoms with E-state index in [0.29, 0.717) is 5.92 Å². The molecular weight excluding hydrogens is 300 g/mol. The molecule has 3 rings (SSSR count). The third-order valence-electron chi connectivity index (χ3n) is 4.62. The number of morpholine rings is 1. The highest BCUT2D eigenvalue weighted by Gasteiger charge is 2.12. The van der Waals surface area contributed by atoms with Crippen molar-refractivity contribution in [2.75, 3.05) is 44.7 Å². The summed E-state index contributed by atoms with van der Waals surface area (Å²) in [6.45, 7) is 11.5. The van der Waals surface area contributed by atoms with Crippen molar-refractivity contribution >= 4 is 17.0 Å². The first-order valence-corrected chi connectivity index (χ1v) is 9.23. The number of aromatic nitrogens is 2. The lowest BCUT2D eigenvalue weighted by Gasteiger charge is -2.26. The summed E-state index contributed by atoms with van der Waals surface area (Å²) in [6, 6.07) is 8.42. The molecule has 0 unspecified atom stereocenters. The first kappa shape index (κ1) is 17.2. The van der Waals surface area contributed by atoms with Gasteiger partial charge in [-0.3, -0.25) is 4.90 Å². The smallest absolute Gasteiger partial charge is 0.203 e. The van der Waals surface area contributed by atoms with Crippen molar-refractivity contribution in [1.29, 1.82) is 0 Å². The average molecular weight is 330 g/mol. The number of nitrogens with zero attached hydrogens (tertiary/aromatic N) is 3. The van der Waals surface area contributed by atoms with Gasteiger partial charge in [-0.2, -0.15) is 0 Å². The highest BCUT2D eigenvalue weighted by molar-refractivity contribution is 5.78. The van der Waals surface area contributed by atoms with Crippen LogP contribution < -0.4 is 5.32 Å². The van der Waals surface area contributed by atoms with Crippen LogP contribution in [-0.4, -0.2) is 53.8 Å². The van der Waals surface area contributed by atoms with Crippen LogP contribution >= 0.6 is 0 Å². The molecule has 1 aliphatic rings. The zero-order valence-electron chi connectivity index (χ0n) is 15.0. The fourth-order valence-electron chi connectivity index (χ4n) is 3.15. The van der Waals surface area contributed by atoms with E-state index in [2.05, 4.69) is 52.9 Å². The highest BCUT2D eigenvalue weighted by atomic mass is 16.5. The largest absolute Gasteiger partial charge is 0.379 e. The van der Waals surface area contributed by atoms with Crippen molar-refractivity contribution in [3.8, 4) is 0 Å². The van der Waals surface area contributed by atoms with Crippen LogP contribution in [0.1, 0.15) is 26.7 Å². The van der Waals surface area contributed by atoms with Gasteiger partial charge in [-0.15, -0.1) is 0 Å². The number of para-hydroxylation sites is 2. The second-order valence-corrected chi connectivity index (χ2v) is 6.99. The van der Waals surface area contributed by atoms with E-state index >= 15 is 0 Å². The van der Waals surface area contributed by atoms with Gasteiger partial charge in [-0.25, -0.2) is 4.98 Å². The maximum atomic E-state index is 5.40. The number of rotatable bonds is 8. The molecule has 5 heteroatoms. The molecule has 0 spiro atoms. The minimum Gasteiger partial charge on any atom is -0.379 e. The molecule has 0 amide bonds. The van der Waals surface area contributed by atoms with Crippen LogP contribution in [0.25, 0.3) is 11.0 Å². The summed E-state index contributed by atoms with van der Waals surface area (Å²) in [5, 5.41) is 3.56. The minimum atomic E-state index is 0.695. The molecule has 1 fully saturated rings. The molecule has 2 heterocycles. The van der Waals surface area contributed by atoms with Crippen LogP contribution in [-0.2, 0) is 11.3 Å². The molecule has 1 saturated heterocycles. The molecule has 1 aromatic carbocycles. The van der Waals surface area contributed by atoms with E-state index in [1.807, 2.05) is 0 Å². The van der Waals surface area contributed by atoms with E-state index < -0.39 is 0 Å². The van der Waals surface area contributed by atoms with Crippen molar-refractivity contribution < 1.29 is 4.74 Å². The van der Waals surface area contributed by atoms with Crippen molar-refractivity contribution in [3.63, 3.8) is 0 Å². The van der Waals surface area contributed by atoms with Crippen LogP contribution in [0.5, 0.6) is 0 Å². The van der Waals surface area contributed by atoms with Crippen molar-refractivity contribution in [3.05, 3.63) is 24.3 Å². The first-order valence-electron chi connectivity index (χ1n) is 9.23. The number of fused-ring (bicyclic) bond motifs is 1. The van der Waals surface area contributed by atoms with Gasteiger partial charge in [0.15, 0.2) is 0 Å². The minimum absolute atomic E-state index is 0.695. The Kier molecular flexibility index (Phi) is 6.10. The van der Waals surface area contributed by atoms with Gasteiger partial charge in [0.1, 0.15) is 0 Å². The summed E-state index contributed by atoms with van der Waals surface area (Å²) in [6.07, 6.45) is 2.30. The van der Waals surface area contributed by atoms with E-state index in [1.165, 1.54) is 11.9 Å². The van der Waals surface area contributed by atoms with Crippen LogP contribution in [0.4, 0.5) is 5.95 Å². The van der Waals surface area contributed by atoms with E-state index in [9.17, 15) is 0 Å². The predicted molar refractivity (Wildman–Crippen MR) is 99.6 cm³/mol. The van der Waals surface area contributed by atoms with Crippen LogP contribution in [0.15, 0.2) is 24.3 Å². The Bertz CT molecular complexity index is 631. The molecule has 0 saturated carbocycles. The molecule has 2 aromatic rings. The van der Waals surface area contributed by atoms with Crippen molar-refractivity contribution in [1.82, 2.24) is 14.5 Å². The summed E-state index contributed by atoms with van der Waals surface area (Å²) in [7, 11) is 0. The standard InChI is InChI=1S/C19H30N4O/c1-16(2)8-11-23-18-7-4-3-6-17(18)21-19(23)20-9-5-10-22-12-14-24-15-13-22/h3-4,6-7,16H,5,8-15H2,1-2H3,(H,20,21). The number of imidazole rings is 1. The normalized spacial score (nSPS) is 16.1. The zero-order chi connectivity index (χ0) is 16.8. The van der Waals surface area contributed by atoms with Gasteiger partial charge in [0, 0.05) is 26.2 Å². The summed E-state index contributed by atoms with van der Waals surface area (Å²) in [5.41, 5.74) is 2.31. The summed E-state index contributed by atoms with van der Waals surface area (Å²) in [5.74, 6) is 1.71. The fourth-order valence-corrected chi connectivity index (χ4v) is 3.15. The monoisotopic (exact) mass is 330 g/mol. The summed E-state index contributed by atoms with van der Waals surface area (Å²) < 4.78 is 7.74. The van der Waals surface area contributed by atoms with Gasteiger partial charge in [0.25, 0.3) is 0 Å². The molecule has 5 nitrogen and oxygen atoms in total. The van der Waals surface area contributed by atoms with Gasteiger partial charge in [0.2, 0.25) is 5.95 Å². The average Bonchev–Trinajstić information content (AvgIpc) is 2.95. The number of aryl methyl sites for hydroxylation is 1. The molecule has 1 N–H and O–H groups in total. The summed E-state index contributed by atoms with van der Waals surface area (Å²) in [4.78, 5) is 7.27. The van der Waals surface area contributed by atoms with Crippen LogP contribution in [0.2, 0.25) is 0 Å². The molecule has 0 aliphatic carbocycles. The number of hydrogen-bond donors (Lipinski definition) is 1. The molecule has 1 aliphatic heterocycles. The lowest BCUT2D eigenvalue weighted by molar-refractivity contribution is 0.0378. The van der Waals surface area contributed by atoms with Crippen LogP contribution in [0.3, 0.4) is 0 Å². The molecule has 1 aromatic heterocycles. The Morgan fingerprint density at radius 1 is 1.17 bits per heavy atom. The molecule has 0 atom stereocenters. The Labute approximate surface area is 145 Å². The number of ether oxygens (including phenoxy) is 1.